The third-order valence-electron chi connectivity index (χ3n) is 3.35. The number of hydrogen-bond donors (Lipinski definition) is 1. The summed E-state index contributed by atoms with van der Waals surface area (Å²) >= 11 is 0. The molecule has 0 radical (unpaired) electrons. The average molecular weight is 312 g/mol. The number of rotatable bonds is 4. The van der Waals surface area contributed by atoms with Gasteiger partial charge in [-0.15, -0.1) is 0 Å². The second-order valence-electron chi connectivity index (χ2n) is 5.47. The topological polar surface area (TPSA) is 58.6 Å². The fourth-order valence-corrected chi connectivity index (χ4v) is 2.19. The van der Waals surface area contributed by atoms with Crippen molar-refractivity contribution in [2.24, 2.45) is 5.92 Å². The molecular formula is C15H18F2N2O3. The van der Waals surface area contributed by atoms with Crippen LogP contribution in [-0.4, -0.2) is 42.5 Å². The van der Waals surface area contributed by atoms with Gasteiger partial charge in [0.15, 0.2) is 17.7 Å². The van der Waals surface area contributed by atoms with Gasteiger partial charge in [0, 0.05) is 19.2 Å². The van der Waals surface area contributed by atoms with Crippen molar-refractivity contribution in [2.45, 2.75) is 20.0 Å². The number of piperazine rings is 1. The lowest BCUT2D eigenvalue weighted by Crippen LogP contribution is -2.54. The predicted octanol–water partition coefficient (Wildman–Crippen LogP) is 1.33. The molecule has 0 aliphatic carbocycles. The number of nitrogens with one attached hydrogen (secondary N) is 1. The molecule has 0 bridgehead atoms. The fraction of sp³-hybridized carbons (Fsp3) is 0.467. The molecule has 2 rings (SSSR count). The lowest BCUT2D eigenvalue weighted by atomic mass is 10.1. The van der Waals surface area contributed by atoms with Gasteiger partial charge in [0.05, 0.1) is 6.54 Å². The van der Waals surface area contributed by atoms with Gasteiger partial charge in [0.1, 0.15) is 5.82 Å². The Morgan fingerprint density at radius 1 is 1.36 bits per heavy atom. The number of halogens is 2. The van der Waals surface area contributed by atoms with E-state index in [1.165, 1.54) is 4.90 Å². The van der Waals surface area contributed by atoms with Crippen LogP contribution in [0.15, 0.2) is 18.2 Å². The van der Waals surface area contributed by atoms with E-state index in [0.29, 0.717) is 19.2 Å². The Kier molecular flexibility index (Phi) is 4.95. The summed E-state index contributed by atoms with van der Waals surface area (Å²) < 4.78 is 32.1. The molecule has 0 aromatic heterocycles. The third kappa shape index (κ3) is 3.72. The number of nitrogens with zero attached hydrogens (tertiary/aromatic N) is 1. The first kappa shape index (κ1) is 16.2. The largest absolute Gasteiger partial charge is 0.477 e. The first-order valence-electron chi connectivity index (χ1n) is 7.05. The van der Waals surface area contributed by atoms with Crippen molar-refractivity contribution in [3.05, 3.63) is 29.8 Å². The fourth-order valence-electron chi connectivity index (χ4n) is 2.19. The van der Waals surface area contributed by atoms with Crippen LogP contribution in [0.2, 0.25) is 0 Å². The normalized spacial score (nSPS) is 16.4. The average Bonchev–Trinajstić information content (AvgIpc) is 2.45. The minimum Gasteiger partial charge on any atom is -0.477 e. The molecule has 1 fully saturated rings. The van der Waals surface area contributed by atoms with Crippen molar-refractivity contribution in [1.29, 1.82) is 0 Å². The molecule has 1 unspecified atom stereocenters. The summed E-state index contributed by atoms with van der Waals surface area (Å²) in [5, 5.41) is 2.62. The van der Waals surface area contributed by atoms with E-state index in [9.17, 15) is 18.4 Å². The number of carbonyl (C=O) groups excluding carboxylic acids is 2. The highest BCUT2D eigenvalue weighted by Crippen LogP contribution is 2.22. The van der Waals surface area contributed by atoms with Gasteiger partial charge >= 0.3 is 0 Å². The van der Waals surface area contributed by atoms with Crippen LogP contribution >= 0.6 is 0 Å². The van der Waals surface area contributed by atoms with Crippen molar-refractivity contribution in [1.82, 2.24) is 10.2 Å². The minimum absolute atomic E-state index is 0.0443. The van der Waals surface area contributed by atoms with Crippen LogP contribution in [0.3, 0.4) is 0 Å². The van der Waals surface area contributed by atoms with Gasteiger partial charge in [0.25, 0.3) is 5.91 Å². The van der Waals surface area contributed by atoms with Crippen LogP contribution in [0, 0.1) is 17.6 Å². The molecule has 1 heterocycles. The van der Waals surface area contributed by atoms with Gasteiger partial charge in [-0.05, 0) is 18.1 Å². The van der Waals surface area contributed by atoms with Gasteiger partial charge in [-0.1, -0.05) is 13.8 Å². The van der Waals surface area contributed by atoms with Crippen molar-refractivity contribution < 1.29 is 23.1 Å². The van der Waals surface area contributed by atoms with E-state index in [0.717, 1.165) is 12.1 Å². The van der Waals surface area contributed by atoms with E-state index in [4.69, 9.17) is 4.74 Å². The smallest absolute Gasteiger partial charge is 0.264 e. The summed E-state index contributed by atoms with van der Waals surface area (Å²) in [6.07, 6.45) is -0.939. The van der Waals surface area contributed by atoms with Crippen LogP contribution in [0.1, 0.15) is 13.8 Å². The molecule has 1 N–H and O–H groups in total. The molecule has 1 aromatic carbocycles. The third-order valence-corrected chi connectivity index (χ3v) is 3.35. The van der Waals surface area contributed by atoms with E-state index in [1.54, 1.807) is 13.8 Å². The standard InChI is InChI=1S/C15H18F2N2O3/c1-9(2)14(15(21)19-6-5-18-13(20)8-19)22-12-4-3-10(16)7-11(12)17/h3-4,7,9,14H,5-6,8H2,1-2H3,(H,18,20). The molecule has 7 heteroatoms. The van der Waals surface area contributed by atoms with Crippen LogP contribution in [-0.2, 0) is 9.59 Å². The number of benzene rings is 1. The molecule has 0 saturated carbocycles. The maximum Gasteiger partial charge on any atom is 0.264 e. The maximum atomic E-state index is 13.7. The molecule has 1 atom stereocenters. The number of amides is 2. The van der Waals surface area contributed by atoms with Crippen molar-refractivity contribution in [3.8, 4) is 5.75 Å². The summed E-state index contributed by atoms with van der Waals surface area (Å²) in [5.74, 6) is -2.62. The molecule has 1 saturated heterocycles. The molecule has 1 aromatic rings. The molecule has 0 spiro atoms. The van der Waals surface area contributed by atoms with E-state index >= 15 is 0 Å². The van der Waals surface area contributed by atoms with Crippen LogP contribution in [0.5, 0.6) is 5.75 Å². The number of carbonyl (C=O) groups is 2. The maximum absolute atomic E-state index is 13.7. The zero-order chi connectivity index (χ0) is 16.3. The molecule has 22 heavy (non-hydrogen) atoms. The van der Waals surface area contributed by atoms with Gasteiger partial charge in [-0.3, -0.25) is 9.59 Å². The summed E-state index contributed by atoms with van der Waals surface area (Å²) in [4.78, 5) is 25.2. The second-order valence-corrected chi connectivity index (χ2v) is 5.47. The molecule has 1 aliphatic rings. The Morgan fingerprint density at radius 3 is 2.68 bits per heavy atom. The Balaban J connectivity index is 2.15. The zero-order valence-electron chi connectivity index (χ0n) is 12.4. The Morgan fingerprint density at radius 2 is 2.09 bits per heavy atom. The predicted molar refractivity (Wildman–Crippen MR) is 75.2 cm³/mol. The second kappa shape index (κ2) is 6.72. The highest BCUT2D eigenvalue weighted by atomic mass is 19.1. The Hall–Kier alpha value is -2.18. The van der Waals surface area contributed by atoms with Gasteiger partial charge in [-0.25, -0.2) is 8.78 Å². The summed E-state index contributed by atoms with van der Waals surface area (Å²) in [5.41, 5.74) is 0. The Bertz CT molecular complexity index is 578. The van der Waals surface area contributed by atoms with Crippen molar-refractivity contribution in [2.75, 3.05) is 19.6 Å². The van der Waals surface area contributed by atoms with Crippen LogP contribution in [0.4, 0.5) is 8.78 Å². The lowest BCUT2D eigenvalue weighted by Gasteiger charge is -2.31. The molecule has 1 aliphatic heterocycles. The Labute approximate surface area is 127 Å². The SMILES string of the molecule is CC(C)C(Oc1ccc(F)cc1F)C(=O)N1CCNC(=O)C1. The van der Waals surface area contributed by atoms with Crippen LogP contribution < -0.4 is 10.1 Å². The highest BCUT2D eigenvalue weighted by molar-refractivity contribution is 5.88. The zero-order valence-corrected chi connectivity index (χ0v) is 12.4. The number of ether oxygens (including phenoxy) is 1. The summed E-state index contributed by atoms with van der Waals surface area (Å²) in [6, 6.07) is 2.91. The monoisotopic (exact) mass is 312 g/mol. The van der Waals surface area contributed by atoms with Gasteiger partial charge in [0.2, 0.25) is 5.91 Å². The highest BCUT2D eigenvalue weighted by Gasteiger charge is 2.32. The molecule has 2 amide bonds. The van der Waals surface area contributed by atoms with E-state index < -0.39 is 17.7 Å². The first-order chi connectivity index (χ1) is 10.4. The number of hydrogen-bond acceptors (Lipinski definition) is 3. The molecular weight excluding hydrogens is 294 g/mol. The van der Waals surface area contributed by atoms with E-state index in [2.05, 4.69) is 5.32 Å². The minimum atomic E-state index is -0.939. The van der Waals surface area contributed by atoms with E-state index in [1.807, 2.05) is 0 Å². The first-order valence-corrected chi connectivity index (χ1v) is 7.05. The summed E-state index contributed by atoms with van der Waals surface area (Å²) in [6.45, 7) is 4.22. The van der Waals surface area contributed by atoms with Gasteiger partial charge < -0.3 is 15.0 Å². The van der Waals surface area contributed by atoms with Crippen molar-refractivity contribution in [3.63, 3.8) is 0 Å². The molecule has 5 nitrogen and oxygen atoms in total. The van der Waals surface area contributed by atoms with Crippen LogP contribution in [0.25, 0.3) is 0 Å². The van der Waals surface area contributed by atoms with E-state index in [-0.39, 0.29) is 30.0 Å². The quantitative estimate of drug-likeness (QED) is 0.912. The van der Waals surface area contributed by atoms with Crippen molar-refractivity contribution >= 4 is 11.8 Å². The van der Waals surface area contributed by atoms with Gasteiger partial charge in [-0.2, -0.15) is 0 Å². The lowest BCUT2D eigenvalue weighted by molar-refractivity contribution is -0.145. The summed E-state index contributed by atoms with van der Waals surface area (Å²) in [7, 11) is 0. The molecule has 120 valence electrons.